The summed E-state index contributed by atoms with van der Waals surface area (Å²) in [6.45, 7) is 0.680. The van der Waals surface area contributed by atoms with Crippen molar-refractivity contribution in [3.63, 3.8) is 0 Å². The predicted molar refractivity (Wildman–Crippen MR) is 80.3 cm³/mol. The van der Waals surface area contributed by atoms with Crippen molar-refractivity contribution >= 4 is 17.3 Å². The van der Waals surface area contributed by atoms with Crippen LogP contribution in [0.4, 0.5) is 0 Å². The number of hydrogen-bond acceptors (Lipinski definition) is 4. The number of carbonyl (C=O) groups is 1. The SMILES string of the molecule is CN1C2CCCC1CC(NCc1ccsc1C(=O)O)C2. The number of rotatable bonds is 4. The maximum Gasteiger partial charge on any atom is 0.346 e. The van der Waals surface area contributed by atoms with Gasteiger partial charge in [0.25, 0.3) is 0 Å². The summed E-state index contributed by atoms with van der Waals surface area (Å²) >= 11 is 1.31. The zero-order chi connectivity index (χ0) is 14.1. The lowest BCUT2D eigenvalue weighted by molar-refractivity contribution is 0.0481. The van der Waals surface area contributed by atoms with Crippen molar-refractivity contribution in [3.05, 3.63) is 21.9 Å². The zero-order valence-corrected chi connectivity index (χ0v) is 12.7. The number of carboxylic acids is 1. The lowest BCUT2D eigenvalue weighted by atomic mass is 9.82. The Morgan fingerprint density at radius 1 is 1.45 bits per heavy atom. The first kappa shape index (κ1) is 14.0. The second-order valence-corrected chi connectivity index (χ2v) is 6.95. The van der Waals surface area contributed by atoms with Crippen molar-refractivity contribution < 1.29 is 9.90 Å². The fourth-order valence-corrected chi connectivity index (χ4v) is 4.46. The number of carboxylic acid groups (broad SMARTS) is 1. The second kappa shape index (κ2) is 5.84. The summed E-state index contributed by atoms with van der Waals surface area (Å²) < 4.78 is 0. The first-order valence-corrected chi connectivity index (χ1v) is 8.28. The van der Waals surface area contributed by atoms with Gasteiger partial charge in [0.05, 0.1) is 0 Å². The Balaban J connectivity index is 1.59. The summed E-state index contributed by atoms with van der Waals surface area (Å²) in [5, 5.41) is 14.6. The molecule has 1 aromatic heterocycles. The Morgan fingerprint density at radius 3 is 2.80 bits per heavy atom. The molecule has 2 atom stereocenters. The maximum absolute atomic E-state index is 11.1. The van der Waals surface area contributed by atoms with Crippen LogP contribution in [0.15, 0.2) is 11.4 Å². The molecule has 2 bridgehead atoms. The van der Waals surface area contributed by atoms with Crippen LogP contribution in [0.3, 0.4) is 0 Å². The van der Waals surface area contributed by atoms with Crippen molar-refractivity contribution in [2.45, 2.75) is 56.8 Å². The van der Waals surface area contributed by atoms with E-state index in [2.05, 4.69) is 17.3 Å². The van der Waals surface area contributed by atoms with Crippen molar-refractivity contribution in [3.8, 4) is 0 Å². The Morgan fingerprint density at radius 2 is 2.15 bits per heavy atom. The summed E-state index contributed by atoms with van der Waals surface area (Å²) in [5.41, 5.74) is 0.923. The van der Waals surface area contributed by atoms with Gasteiger partial charge in [0.15, 0.2) is 0 Å². The monoisotopic (exact) mass is 294 g/mol. The second-order valence-electron chi connectivity index (χ2n) is 6.03. The minimum atomic E-state index is -0.808. The molecule has 4 nitrogen and oxygen atoms in total. The van der Waals surface area contributed by atoms with Crippen LogP contribution in [-0.4, -0.2) is 41.1 Å². The quantitative estimate of drug-likeness (QED) is 0.896. The maximum atomic E-state index is 11.1. The molecule has 1 aromatic rings. The first-order valence-electron chi connectivity index (χ1n) is 7.40. The molecule has 0 saturated carbocycles. The van der Waals surface area contributed by atoms with Gasteiger partial charge < -0.3 is 15.3 Å². The average molecular weight is 294 g/mol. The van der Waals surface area contributed by atoms with Crippen LogP contribution < -0.4 is 5.32 Å². The van der Waals surface area contributed by atoms with Gasteiger partial charge in [0.1, 0.15) is 4.88 Å². The van der Waals surface area contributed by atoms with E-state index in [-0.39, 0.29) is 0 Å². The molecule has 3 heterocycles. The van der Waals surface area contributed by atoms with E-state index in [9.17, 15) is 4.79 Å². The van der Waals surface area contributed by atoms with Crippen LogP contribution in [-0.2, 0) is 6.54 Å². The van der Waals surface area contributed by atoms with Crippen LogP contribution in [0.25, 0.3) is 0 Å². The zero-order valence-electron chi connectivity index (χ0n) is 11.8. The molecule has 0 radical (unpaired) electrons. The van der Waals surface area contributed by atoms with Gasteiger partial charge in [-0.1, -0.05) is 6.42 Å². The standard InChI is InChI=1S/C15H22N2O2S/c1-17-12-3-2-4-13(17)8-11(7-12)16-9-10-5-6-20-14(10)15(18)19/h5-6,11-13,16H,2-4,7-9H2,1H3,(H,18,19). The number of nitrogens with one attached hydrogen (secondary N) is 1. The molecular weight excluding hydrogens is 272 g/mol. The van der Waals surface area contributed by atoms with E-state index in [0.717, 1.165) is 5.56 Å². The van der Waals surface area contributed by atoms with Crippen LogP contribution in [0.2, 0.25) is 0 Å². The summed E-state index contributed by atoms with van der Waals surface area (Å²) in [6.07, 6.45) is 6.37. The van der Waals surface area contributed by atoms with Crippen molar-refractivity contribution in [1.29, 1.82) is 0 Å². The first-order chi connectivity index (χ1) is 9.65. The van der Waals surface area contributed by atoms with Gasteiger partial charge in [-0.2, -0.15) is 0 Å². The number of nitrogens with zero attached hydrogens (tertiary/aromatic N) is 1. The van der Waals surface area contributed by atoms with Crippen molar-refractivity contribution in [2.24, 2.45) is 0 Å². The van der Waals surface area contributed by atoms with E-state index in [0.29, 0.717) is 29.5 Å². The molecule has 20 heavy (non-hydrogen) atoms. The molecule has 2 saturated heterocycles. The highest BCUT2D eigenvalue weighted by atomic mass is 32.1. The molecule has 0 spiro atoms. The fourth-order valence-electron chi connectivity index (χ4n) is 3.70. The Kier molecular flexibility index (Phi) is 4.10. The van der Waals surface area contributed by atoms with E-state index in [4.69, 9.17) is 5.11 Å². The molecule has 0 amide bonds. The van der Waals surface area contributed by atoms with Crippen LogP contribution in [0.5, 0.6) is 0 Å². The number of piperidine rings is 2. The number of thiophene rings is 1. The van der Waals surface area contributed by atoms with Gasteiger partial charge in [-0.15, -0.1) is 11.3 Å². The molecule has 2 fully saturated rings. The lowest BCUT2D eigenvalue weighted by Gasteiger charge is -2.47. The molecular formula is C15H22N2O2S. The molecule has 5 heteroatoms. The molecule has 110 valence electrons. The fraction of sp³-hybridized carbons (Fsp3) is 0.667. The largest absolute Gasteiger partial charge is 0.477 e. The van der Waals surface area contributed by atoms with Gasteiger partial charge in [-0.25, -0.2) is 4.79 Å². The van der Waals surface area contributed by atoms with Crippen LogP contribution in [0.1, 0.15) is 47.3 Å². The summed E-state index contributed by atoms with van der Waals surface area (Å²) in [5.74, 6) is -0.808. The van der Waals surface area contributed by atoms with Crippen molar-refractivity contribution in [1.82, 2.24) is 10.2 Å². The van der Waals surface area contributed by atoms with Gasteiger partial charge in [0, 0.05) is 24.7 Å². The predicted octanol–water partition coefficient (Wildman–Crippen LogP) is 2.55. The third-order valence-corrected chi connectivity index (χ3v) is 5.81. The summed E-state index contributed by atoms with van der Waals surface area (Å²) in [4.78, 5) is 14.1. The number of hydrogen-bond donors (Lipinski definition) is 2. The minimum absolute atomic E-state index is 0.477. The van der Waals surface area contributed by atoms with Gasteiger partial charge in [0.2, 0.25) is 0 Å². The topological polar surface area (TPSA) is 52.6 Å². The summed E-state index contributed by atoms with van der Waals surface area (Å²) in [6, 6.07) is 3.88. The number of fused-ring (bicyclic) bond motifs is 2. The van der Waals surface area contributed by atoms with E-state index >= 15 is 0 Å². The molecule has 2 unspecified atom stereocenters. The number of aromatic carboxylic acids is 1. The Hall–Kier alpha value is -0.910. The van der Waals surface area contributed by atoms with E-state index < -0.39 is 5.97 Å². The average Bonchev–Trinajstić information content (AvgIpc) is 2.85. The normalized spacial score (nSPS) is 30.4. The van der Waals surface area contributed by atoms with Gasteiger partial charge >= 0.3 is 5.97 Å². The smallest absolute Gasteiger partial charge is 0.346 e. The lowest BCUT2D eigenvalue weighted by Crippen LogP contribution is -2.54. The molecule has 3 rings (SSSR count). The highest BCUT2D eigenvalue weighted by molar-refractivity contribution is 7.12. The molecule has 2 N–H and O–H groups in total. The summed E-state index contributed by atoms with van der Waals surface area (Å²) in [7, 11) is 2.26. The molecule has 2 aliphatic heterocycles. The van der Waals surface area contributed by atoms with Gasteiger partial charge in [-0.05, 0) is 49.7 Å². The Labute approximate surface area is 123 Å². The molecule has 2 aliphatic rings. The van der Waals surface area contributed by atoms with Crippen molar-refractivity contribution in [2.75, 3.05) is 7.05 Å². The Bertz CT molecular complexity index is 474. The highest BCUT2D eigenvalue weighted by Gasteiger charge is 2.35. The third kappa shape index (κ3) is 2.75. The van der Waals surface area contributed by atoms with Crippen LogP contribution in [0, 0.1) is 0 Å². The van der Waals surface area contributed by atoms with E-state index in [1.165, 1.54) is 43.4 Å². The van der Waals surface area contributed by atoms with Gasteiger partial charge in [-0.3, -0.25) is 0 Å². The third-order valence-electron chi connectivity index (χ3n) is 4.86. The minimum Gasteiger partial charge on any atom is -0.477 e. The molecule has 0 aromatic carbocycles. The van der Waals surface area contributed by atoms with Crippen LogP contribution >= 0.6 is 11.3 Å². The molecule has 0 aliphatic carbocycles. The van der Waals surface area contributed by atoms with E-state index in [1.807, 2.05) is 11.4 Å². The highest BCUT2D eigenvalue weighted by Crippen LogP contribution is 2.32. The van der Waals surface area contributed by atoms with E-state index in [1.54, 1.807) is 0 Å².